The van der Waals surface area contributed by atoms with Crippen LogP contribution in [0.1, 0.15) is 77.9 Å². The highest BCUT2D eigenvalue weighted by Crippen LogP contribution is 2.61. The number of fused-ring (bicyclic) bond motifs is 2. The highest BCUT2D eigenvalue weighted by Gasteiger charge is 2.52. The van der Waals surface area contributed by atoms with Crippen LogP contribution >= 0.6 is 11.6 Å². The van der Waals surface area contributed by atoms with E-state index in [0.717, 1.165) is 44.2 Å². The van der Waals surface area contributed by atoms with Gasteiger partial charge in [-0.25, -0.2) is 0 Å². The first-order chi connectivity index (χ1) is 13.4. The number of aryl methyl sites for hydroxylation is 1. The molecule has 1 heterocycles. The Morgan fingerprint density at radius 3 is 2.32 bits per heavy atom. The Bertz CT molecular complexity index is 851. The number of carbonyl (C=O) groups is 2. The average molecular weight is 396 g/mol. The molecular formula is C24H26ClNO2. The van der Waals surface area contributed by atoms with Gasteiger partial charge in [-0.15, -0.1) is 0 Å². The van der Waals surface area contributed by atoms with Crippen LogP contribution in [0.3, 0.4) is 0 Å². The van der Waals surface area contributed by atoms with Crippen molar-refractivity contribution >= 4 is 23.2 Å². The minimum absolute atomic E-state index is 0.0371. The number of nitrogens with zero attached hydrogens (tertiary/aromatic N) is 1. The molecule has 2 aliphatic rings. The maximum absolute atomic E-state index is 12.9. The summed E-state index contributed by atoms with van der Waals surface area (Å²) in [5, 5.41) is 0.601. The summed E-state index contributed by atoms with van der Waals surface area (Å²) in [6.07, 6.45) is 7.42. The largest absolute Gasteiger partial charge is 0.294 e. The second-order valence-corrected chi connectivity index (χ2v) is 9.34. The molecule has 146 valence electrons. The summed E-state index contributed by atoms with van der Waals surface area (Å²) in [6.45, 7) is 1.91. The first-order valence-electron chi connectivity index (χ1n) is 10.1. The van der Waals surface area contributed by atoms with Gasteiger partial charge >= 0.3 is 0 Å². The molecule has 2 fully saturated rings. The van der Waals surface area contributed by atoms with Crippen LogP contribution < -0.4 is 0 Å². The average Bonchev–Trinajstić information content (AvgIpc) is 2.91. The predicted octanol–water partition coefficient (Wildman–Crippen LogP) is 6.23. The molecular weight excluding hydrogens is 370 g/mol. The second kappa shape index (κ2) is 7.44. The zero-order valence-corrected chi connectivity index (χ0v) is 17.1. The van der Waals surface area contributed by atoms with Gasteiger partial charge in [0.05, 0.1) is 0 Å². The van der Waals surface area contributed by atoms with E-state index in [1.807, 2.05) is 37.3 Å². The minimum atomic E-state index is 0.0371. The quantitative estimate of drug-likeness (QED) is 0.544. The Labute approximate surface area is 171 Å². The number of benzene rings is 1. The Balaban J connectivity index is 1.48. The lowest BCUT2D eigenvalue weighted by Crippen LogP contribution is -2.31. The lowest BCUT2D eigenvalue weighted by molar-refractivity contribution is 0.0751. The van der Waals surface area contributed by atoms with E-state index in [2.05, 4.69) is 4.98 Å². The van der Waals surface area contributed by atoms with Crippen LogP contribution in [0.15, 0.2) is 42.5 Å². The molecule has 0 amide bonds. The standard InChI is InChI=1S/C24H26ClNO2/c1-17-5-2-8-20(26-17)22(28)15-24-10-4-9-23(16-24,11-12-24)14-21(27)18-6-3-7-19(25)13-18/h2-3,5-8,13H,4,9-12,14-16H2,1H3. The molecule has 0 saturated heterocycles. The van der Waals surface area contributed by atoms with Gasteiger partial charge in [0.15, 0.2) is 11.6 Å². The summed E-state index contributed by atoms with van der Waals surface area (Å²) in [5.74, 6) is 0.314. The molecule has 2 aromatic rings. The van der Waals surface area contributed by atoms with Crippen molar-refractivity contribution in [3.05, 3.63) is 64.4 Å². The lowest BCUT2D eigenvalue weighted by Gasteiger charge is -2.39. The van der Waals surface area contributed by atoms with Crippen LogP contribution in [0.2, 0.25) is 5.02 Å². The highest BCUT2D eigenvalue weighted by molar-refractivity contribution is 6.31. The van der Waals surface area contributed by atoms with E-state index >= 15 is 0 Å². The van der Waals surface area contributed by atoms with E-state index in [4.69, 9.17) is 11.6 Å². The monoisotopic (exact) mass is 395 g/mol. The molecule has 2 saturated carbocycles. The van der Waals surface area contributed by atoms with Gasteiger partial charge in [-0.3, -0.25) is 14.6 Å². The van der Waals surface area contributed by atoms with Gasteiger partial charge in [-0.2, -0.15) is 0 Å². The first-order valence-corrected chi connectivity index (χ1v) is 10.5. The molecule has 3 nitrogen and oxygen atoms in total. The van der Waals surface area contributed by atoms with Crippen LogP contribution in [-0.2, 0) is 0 Å². The van der Waals surface area contributed by atoms with Gasteiger partial charge in [-0.1, -0.05) is 36.2 Å². The van der Waals surface area contributed by atoms with Crippen molar-refractivity contribution in [2.45, 2.75) is 58.3 Å². The summed E-state index contributed by atoms with van der Waals surface area (Å²) >= 11 is 6.06. The Kier molecular flexibility index (Phi) is 5.13. The summed E-state index contributed by atoms with van der Waals surface area (Å²) in [4.78, 5) is 30.2. The Morgan fingerprint density at radius 2 is 1.64 bits per heavy atom. The molecule has 4 rings (SSSR count). The number of aromatic nitrogens is 1. The zero-order chi connectivity index (χ0) is 19.8. The normalized spacial score (nSPS) is 26.2. The molecule has 2 aliphatic carbocycles. The lowest BCUT2D eigenvalue weighted by atomic mass is 9.65. The van der Waals surface area contributed by atoms with Crippen LogP contribution in [0.25, 0.3) is 0 Å². The maximum Gasteiger partial charge on any atom is 0.181 e. The summed E-state index contributed by atoms with van der Waals surface area (Å²) in [5.41, 5.74) is 2.23. The number of hydrogen-bond donors (Lipinski definition) is 0. The van der Waals surface area contributed by atoms with E-state index < -0.39 is 0 Å². The van der Waals surface area contributed by atoms with Crippen molar-refractivity contribution < 1.29 is 9.59 Å². The molecule has 2 unspecified atom stereocenters. The highest BCUT2D eigenvalue weighted by atomic mass is 35.5. The van der Waals surface area contributed by atoms with Crippen molar-refractivity contribution in [3.63, 3.8) is 0 Å². The van der Waals surface area contributed by atoms with Crippen molar-refractivity contribution in [1.29, 1.82) is 0 Å². The number of ketones is 2. The Morgan fingerprint density at radius 1 is 0.964 bits per heavy atom. The van der Waals surface area contributed by atoms with Crippen LogP contribution in [0.4, 0.5) is 0 Å². The van der Waals surface area contributed by atoms with Crippen molar-refractivity contribution in [1.82, 2.24) is 4.98 Å². The third-order valence-corrected chi connectivity index (χ3v) is 6.98. The molecule has 0 spiro atoms. The summed E-state index contributed by atoms with van der Waals surface area (Å²) in [6, 6.07) is 12.9. The number of hydrogen-bond acceptors (Lipinski definition) is 3. The number of rotatable bonds is 6. The number of carbonyl (C=O) groups excluding carboxylic acids is 2. The molecule has 2 atom stereocenters. The zero-order valence-electron chi connectivity index (χ0n) is 16.3. The van der Waals surface area contributed by atoms with Crippen molar-refractivity contribution in [2.75, 3.05) is 0 Å². The third kappa shape index (κ3) is 3.91. The van der Waals surface area contributed by atoms with E-state index in [1.165, 1.54) is 0 Å². The fraction of sp³-hybridized carbons (Fsp3) is 0.458. The van der Waals surface area contributed by atoms with Crippen LogP contribution in [0, 0.1) is 17.8 Å². The first kappa shape index (κ1) is 19.3. The minimum Gasteiger partial charge on any atom is -0.294 e. The van der Waals surface area contributed by atoms with Gasteiger partial charge in [0.1, 0.15) is 5.69 Å². The SMILES string of the molecule is Cc1cccc(C(=O)CC23CCCC(CC(=O)c4cccc(Cl)c4)(CC2)C3)n1. The maximum atomic E-state index is 12.9. The number of halogens is 1. The van der Waals surface area contributed by atoms with Crippen molar-refractivity contribution in [3.8, 4) is 0 Å². The molecule has 4 heteroatoms. The van der Waals surface area contributed by atoms with Gasteiger partial charge < -0.3 is 0 Å². The Hall–Kier alpha value is -2.00. The summed E-state index contributed by atoms with van der Waals surface area (Å²) in [7, 11) is 0. The van der Waals surface area contributed by atoms with Gasteiger partial charge in [0, 0.05) is 29.1 Å². The fourth-order valence-electron chi connectivity index (χ4n) is 5.48. The molecule has 0 aliphatic heterocycles. The topological polar surface area (TPSA) is 47.0 Å². The van der Waals surface area contributed by atoms with Crippen molar-refractivity contribution in [2.24, 2.45) is 10.8 Å². The summed E-state index contributed by atoms with van der Waals surface area (Å²) < 4.78 is 0. The van der Waals surface area contributed by atoms with Gasteiger partial charge in [-0.05, 0) is 74.1 Å². The number of pyridine rings is 1. The van der Waals surface area contributed by atoms with Gasteiger partial charge in [0.25, 0.3) is 0 Å². The molecule has 2 bridgehead atoms. The smallest absolute Gasteiger partial charge is 0.181 e. The molecule has 28 heavy (non-hydrogen) atoms. The predicted molar refractivity (Wildman–Crippen MR) is 111 cm³/mol. The molecule has 1 aromatic heterocycles. The van der Waals surface area contributed by atoms with E-state index in [1.54, 1.807) is 12.1 Å². The molecule has 1 aromatic carbocycles. The van der Waals surface area contributed by atoms with Crippen LogP contribution in [0.5, 0.6) is 0 Å². The molecule has 0 N–H and O–H groups in total. The third-order valence-electron chi connectivity index (χ3n) is 6.74. The van der Waals surface area contributed by atoms with E-state index in [0.29, 0.717) is 29.1 Å². The van der Waals surface area contributed by atoms with E-state index in [9.17, 15) is 9.59 Å². The van der Waals surface area contributed by atoms with Crippen LogP contribution in [-0.4, -0.2) is 16.6 Å². The second-order valence-electron chi connectivity index (χ2n) is 8.90. The number of Topliss-reactive ketones (excluding diaryl/α,β-unsaturated/α-hetero) is 2. The fourth-order valence-corrected chi connectivity index (χ4v) is 5.67. The molecule has 0 radical (unpaired) electrons. The van der Waals surface area contributed by atoms with Gasteiger partial charge in [0.2, 0.25) is 0 Å². The van der Waals surface area contributed by atoms with E-state index in [-0.39, 0.29) is 22.4 Å².